The number of aromatic nitrogens is 4. The average molecular weight is 674 g/mol. The fourth-order valence-corrected chi connectivity index (χ4v) is 7.76. The molecule has 0 saturated heterocycles. The van der Waals surface area contributed by atoms with Gasteiger partial charge in [0.05, 0.1) is 34.4 Å². The topological polar surface area (TPSA) is 56.1 Å². The van der Waals surface area contributed by atoms with Crippen molar-refractivity contribution in [3.8, 4) is 28.4 Å². The van der Waals surface area contributed by atoms with Crippen molar-refractivity contribution in [1.29, 1.82) is 0 Å². The second kappa shape index (κ2) is 12.8. The number of hydrogen-bond acceptors (Lipinski definition) is 5. The Morgan fingerprint density at radius 2 is 1.17 bits per heavy atom. The lowest BCUT2D eigenvalue weighted by atomic mass is 9.64. The molecule has 0 fully saturated rings. The predicted octanol–water partition coefficient (Wildman–Crippen LogP) is 10.9. The number of ether oxygens (including phenoxy) is 1. The number of rotatable bonds is 7. The molecular formula is C46H35N5O. The lowest BCUT2D eigenvalue weighted by Crippen LogP contribution is -2.38. The van der Waals surface area contributed by atoms with Crippen LogP contribution < -0.4 is 9.64 Å². The maximum absolute atomic E-state index is 6.66. The van der Waals surface area contributed by atoms with Crippen LogP contribution in [0.3, 0.4) is 0 Å². The lowest BCUT2D eigenvalue weighted by molar-refractivity contribution is 0.480. The molecule has 250 valence electrons. The molecular weight excluding hydrogens is 639 g/mol. The van der Waals surface area contributed by atoms with Crippen LogP contribution in [0.1, 0.15) is 33.5 Å². The molecule has 8 aromatic rings. The van der Waals surface area contributed by atoms with Crippen molar-refractivity contribution in [3.05, 3.63) is 210 Å². The van der Waals surface area contributed by atoms with Crippen molar-refractivity contribution in [2.75, 3.05) is 4.90 Å². The largest absolute Gasteiger partial charge is 0.457 e. The summed E-state index contributed by atoms with van der Waals surface area (Å²) in [6.07, 6.45) is 3.86. The number of nitrogens with zero attached hydrogens (tertiary/aromatic N) is 5. The van der Waals surface area contributed by atoms with Gasteiger partial charge in [-0.1, -0.05) is 102 Å². The molecule has 0 bridgehead atoms. The van der Waals surface area contributed by atoms with Gasteiger partial charge in [0.1, 0.15) is 17.2 Å². The molecule has 6 heteroatoms. The molecule has 3 heterocycles. The smallest absolute Gasteiger partial charge is 0.129 e. The molecule has 0 spiro atoms. The van der Waals surface area contributed by atoms with E-state index in [0.717, 1.165) is 62.1 Å². The monoisotopic (exact) mass is 673 g/mol. The Labute approximate surface area is 303 Å². The molecule has 9 rings (SSSR count). The third kappa shape index (κ3) is 5.15. The van der Waals surface area contributed by atoms with Gasteiger partial charge in [0.25, 0.3) is 0 Å². The van der Waals surface area contributed by atoms with Gasteiger partial charge in [-0.15, -0.1) is 5.10 Å². The minimum atomic E-state index is -0.730. The van der Waals surface area contributed by atoms with Crippen molar-refractivity contribution in [2.24, 2.45) is 0 Å². The van der Waals surface area contributed by atoms with Crippen LogP contribution in [0.5, 0.6) is 11.5 Å². The summed E-state index contributed by atoms with van der Waals surface area (Å²) >= 11 is 0. The summed E-state index contributed by atoms with van der Waals surface area (Å²) in [7, 11) is 0. The fourth-order valence-electron chi connectivity index (χ4n) is 7.76. The molecule has 0 N–H and O–H groups in total. The summed E-state index contributed by atoms with van der Waals surface area (Å²) in [4.78, 5) is 7.42. The number of aryl methyl sites for hydroxylation is 2. The van der Waals surface area contributed by atoms with Gasteiger partial charge in [0.2, 0.25) is 0 Å². The summed E-state index contributed by atoms with van der Waals surface area (Å²) in [5.74, 6) is 1.42. The van der Waals surface area contributed by atoms with Crippen LogP contribution in [0.15, 0.2) is 176 Å². The van der Waals surface area contributed by atoms with E-state index in [-0.39, 0.29) is 0 Å². The van der Waals surface area contributed by atoms with Gasteiger partial charge in [-0.2, -0.15) is 0 Å². The average Bonchev–Trinajstić information content (AvgIpc) is 3.68. The van der Waals surface area contributed by atoms with Crippen LogP contribution in [0.2, 0.25) is 0 Å². The quantitative estimate of drug-likeness (QED) is 0.169. The first-order chi connectivity index (χ1) is 25.6. The Balaban J connectivity index is 1.15. The third-order valence-electron chi connectivity index (χ3n) is 9.98. The van der Waals surface area contributed by atoms with Gasteiger partial charge in [-0.3, -0.25) is 4.98 Å². The SMILES string of the molecule is Cc1cccc(C)c1-c1cn(-c2cccc(Oc3cccc(C4(c5ccccn5)c5ccccc5N(c5ccccc5)c5ccccc54)c3)c2)nn1. The Bertz CT molecular complexity index is 2480. The summed E-state index contributed by atoms with van der Waals surface area (Å²) in [5, 5.41) is 9.00. The maximum Gasteiger partial charge on any atom is 0.129 e. The first kappa shape index (κ1) is 31.2. The zero-order chi connectivity index (χ0) is 35.1. The minimum Gasteiger partial charge on any atom is -0.457 e. The third-order valence-corrected chi connectivity index (χ3v) is 9.98. The number of fused-ring (bicyclic) bond motifs is 2. The molecule has 0 amide bonds. The summed E-state index contributed by atoms with van der Waals surface area (Å²) in [6.45, 7) is 4.21. The standard InChI is InChI=1S/C46H35N5O/c1-32-15-12-16-33(2)45(32)41-31-50(49-48-41)36-20-14-22-38(30-36)52-37-21-13-17-34(29-37)46(44-27-10-11-28-47-44)39-23-6-8-25-42(39)51(35-18-4-3-5-19-35)43-26-9-7-24-40(43)46/h3-31H,1-2H3. The van der Waals surface area contributed by atoms with E-state index in [4.69, 9.17) is 9.72 Å². The number of para-hydroxylation sites is 3. The summed E-state index contributed by atoms with van der Waals surface area (Å²) in [6, 6.07) is 56.7. The molecule has 6 nitrogen and oxygen atoms in total. The highest BCUT2D eigenvalue weighted by molar-refractivity contribution is 5.89. The normalized spacial score (nSPS) is 12.9. The van der Waals surface area contributed by atoms with Crippen LogP contribution in [0.25, 0.3) is 16.9 Å². The van der Waals surface area contributed by atoms with Crippen LogP contribution >= 0.6 is 0 Å². The van der Waals surface area contributed by atoms with Gasteiger partial charge >= 0.3 is 0 Å². The highest BCUT2D eigenvalue weighted by Gasteiger charge is 2.47. The Morgan fingerprint density at radius 3 is 1.88 bits per heavy atom. The van der Waals surface area contributed by atoms with E-state index in [2.05, 4.69) is 156 Å². The van der Waals surface area contributed by atoms with Gasteiger partial charge in [-0.25, -0.2) is 4.68 Å². The molecule has 1 aliphatic heterocycles. The molecule has 2 aromatic heterocycles. The molecule has 1 aliphatic rings. The first-order valence-electron chi connectivity index (χ1n) is 17.4. The van der Waals surface area contributed by atoms with E-state index < -0.39 is 5.41 Å². The minimum absolute atomic E-state index is 0.699. The van der Waals surface area contributed by atoms with Crippen LogP contribution in [-0.2, 0) is 5.41 Å². The number of anilines is 3. The van der Waals surface area contributed by atoms with Crippen molar-refractivity contribution in [2.45, 2.75) is 19.3 Å². The number of pyridine rings is 1. The van der Waals surface area contributed by atoms with Crippen molar-refractivity contribution in [1.82, 2.24) is 20.0 Å². The molecule has 0 atom stereocenters. The highest BCUT2D eigenvalue weighted by Crippen LogP contribution is 2.57. The molecule has 0 unspecified atom stereocenters. The Hall–Kier alpha value is -6.79. The van der Waals surface area contributed by atoms with E-state index in [1.54, 1.807) is 4.68 Å². The van der Waals surface area contributed by atoms with Crippen LogP contribution in [0.4, 0.5) is 17.1 Å². The van der Waals surface area contributed by atoms with E-state index in [9.17, 15) is 0 Å². The second-order valence-corrected chi connectivity index (χ2v) is 13.1. The lowest BCUT2D eigenvalue weighted by Gasteiger charge is -2.45. The van der Waals surface area contributed by atoms with Gasteiger partial charge in [-0.05, 0) is 102 Å². The molecule has 0 saturated carbocycles. The Kier molecular flexibility index (Phi) is 7.70. The van der Waals surface area contributed by atoms with Crippen LogP contribution in [0, 0.1) is 13.8 Å². The van der Waals surface area contributed by atoms with Crippen molar-refractivity contribution in [3.63, 3.8) is 0 Å². The van der Waals surface area contributed by atoms with Crippen molar-refractivity contribution < 1.29 is 4.74 Å². The number of benzene rings is 6. The molecule has 6 aromatic carbocycles. The molecule has 52 heavy (non-hydrogen) atoms. The Morgan fingerprint density at radius 1 is 0.558 bits per heavy atom. The van der Waals surface area contributed by atoms with E-state index in [1.165, 1.54) is 11.1 Å². The van der Waals surface area contributed by atoms with Gasteiger partial charge in [0.15, 0.2) is 0 Å². The molecule has 0 aliphatic carbocycles. The summed E-state index contributed by atoms with van der Waals surface area (Å²) in [5.41, 5.74) is 12.0. The van der Waals surface area contributed by atoms with E-state index >= 15 is 0 Å². The second-order valence-electron chi connectivity index (χ2n) is 13.1. The van der Waals surface area contributed by atoms with Gasteiger partial charge < -0.3 is 9.64 Å². The van der Waals surface area contributed by atoms with Crippen molar-refractivity contribution >= 4 is 17.1 Å². The van der Waals surface area contributed by atoms with Crippen LogP contribution in [-0.4, -0.2) is 20.0 Å². The molecule has 0 radical (unpaired) electrons. The predicted molar refractivity (Wildman–Crippen MR) is 207 cm³/mol. The first-order valence-corrected chi connectivity index (χ1v) is 17.4. The summed E-state index contributed by atoms with van der Waals surface area (Å²) < 4.78 is 8.46. The van der Waals surface area contributed by atoms with Gasteiger partial charge in [0, 0.05) is 23.5 Å². The van der Waals surface area contributed by atoms with E-state index in [1.807, 2.05) is 48.8 Å². The number of hydrogen-bond donors (Lipinski definition) is 0. The van der Waals surface area contributed by atoms with E-state index in [0.29, 0.717) is 5.75 Å². The zero-order valence-electron chi connectivity index (χ0n) is 28.9. The highest BCUT2D eigenvalue weighted by atomic mass is 16.5. The zero-order valence-corrected chi connectivity index (χ0v) is 28.9. The maximum atomic E-state index is 6.66. The fraction of sp³-hybridized carbons (Fsp3) is 0.0652.